The van der Waals surface area contributed by atoms with Crippen LogP contribution in [0.2, 0.25) is 0 Å². The van der Waals surface area contributed by atoms with Crippen LogP contribution in [-0.4, -0.2) is 23.8 Å². The van der Waals surface area contributed by atoms with E-state index in [-0.39, 0.29) is 0 Å². The third kappa shape index (κ3) is 2.50. The first kappa shape index (κ1) is 13.3. The number of aromatic nitrogens is 2. The van der Waals surface area contributed by atoms with Crippen molar-refractivity contribution in [1.29, 1.82) is 0 Å². The van der Waals surface area contributed by atoms with Crippen molar-refractivity contribution in [2.75, 3.05) is 20.0 Å². The van der Waals surface area contributed by atoms with Gasteiger partial charge in [0.15, 0.2) is 0 Å². The number of rotatable bonds is 5. The lowest BCUT2D eigenvalue weighted by Gasteiger charge is -2.10. The lowest BCUT2D eigenvalue weighted by atomic mass is 10.1. The van der Waals surface area contributed by atoms with E-state index in [9.17, 15) is 0 Å². The summed E-state index contributed by atoms with van der Waals surface area (Å²) in [5, 5.41) is 0. The Bertz CT molecular complexity index is 564. The first-order valence-electron chi connectivity index (χ1n) is 6.24. The first-order chi connectivity index (χ1) is 9.21. The van der Waals surface area contributed by atoms with Crippen LogP contribution in [0.1, 0.15) is 13.3 Å². The Balaban J connectivity index is 2.46. The van der Waals surface area contributed by atoms with Crippen molar-refractivity contribution in [3.8, 4) is 22.8 Å². The van der Waals surface area contributed by atoms with Gasteiger partial charge in [0.25, 0.3) is 0 Å². The van der Waals surface area contributed by atoms with Crippen LogP contribution < -0.4 is 15.2 Å². The molecule has 0 saturated carbocycles. The Kier molecular flexibility index (Phi) is 3.94. The van der Waals surface area contributed by atoms with Gasteiger partial charge in [0.2, 0.25) is 0 Å². The fourth-order valence-corrected chi connectivity index (χ4v) is 2.01. The Morgan fingerprint density at radius 2 is 2.05 bits per heavy atom. The van der Waals surface area contributed by atoms with Crippen LogP contribution in [0.25, 0.3) is 11.3 Å². The smallest absolute Gasteiger partial charge is 0.132 e. The summed E-state index contributed by atoms with van der Waals surface area (Å²) in [6.45, 7) is 2.96. The molecule has 0 aliphatic carbocycles. The van der Waals surface area contributed by atoms with Gasteiger partial charge in [-0.1, -0.05) is 6.92 Å². The van der Waals surface area contributed by atoms with Gasteiger partial charge in [0, 0.05) is 18.2 Å². The standard InChI is InChI=1S/C14H19N3O2/c1-4-7-17-9-16-13(14(17)15)11-6-5-10(18-2)8-12(11)19-3/h5-6,8-9H,4,7,15H2,1-3H3. The molecule has 19 heavy (non-hydrogen) atoms. The summed E-state index contributed by atoms with van der Waals surface area (Å²) in [5.41, 5.74) is 7.74. The number of ether oxygens (including phenoxy) is 2. The number of benzene rings is 1. The summed E-state index contributed by atoms with van der Waals surface area (Å²) in [4.78, 5) is 4.39. The van der Waals surface area contributed by atoms with Crippen molar-refractivity contribution in [2.24, 2.45) is 0 Å². The van der Waals surface area contributed by atoms with Crippen molar-refractivity contribution in [3.63, 3.8) is 0 Å². The minimum absolute atomic E-state index is 0.658. The molecule has 5 nitrogen and oxygen atoms in total. The number of nitrogen functional groups attached to an aromatic ring is 1. The van der Waals surface area contributed by atoms with Crippen LogP contribution in [0.3, 0.4) is 0 Å². The van der Waals surface area contributed by atoms with Crippen LogP contribution in [0, 0.1) is 0 Å². The van der Waals surface area contributed by atoms with Crippen molar-refractivity contribution >= 4 is 5.82 Å². The van der Waals surface area contributed by atoms with Gasteiger partial charge < -0.3 is 19.8 Å². The molecule has 0 aliphatic heterocycles. The molecule has 0 radical (unpaired) electrons. The van der Waals surface area contributed by atoms with E-state index in [0.717, 1.165) is 30.0 Å². The fraction of sp³-hybridized carbons (Fsp3) is 0.357. The molecule has 0 saturated heterocycles. The van der Waals surface area contributed by atoms with Crippen LogP contribution in [0.4, 0.5) is 5.82 Å². The van der Waals surface area contributed by atoms with E-state index in [0.29, 0.717) is 11.6 Å². The van der Waals surface area contributed by atoms with Crippen LogP contribution >= 0.6 is 0 Å². The maximum absolute atomic E-state index is 6.13. The largest absolute Gasteiger partial charge is 0.497 e. The van der Waals surface area contributed by atoms with Gasteiger partial charge in [-0.05, 0) is 18.6 Å². The Morgan fingerprint density at radius 3 is 2.68 bits per heavy atom. The molecule has 2 aromatic rings. The van der Waals surface area contributed by atoms with Crippen LogP contribution in [0.5, 0.6) is 11.5 Å². The Morgan fingerprint density at radius 1 is 1.26 bits per heavy atom. The quantitative estimate of drug-likeness (QED) is 0.898. The molecule has 2 N–H and O–H groups in total. The molecule has 2 rings (SSSR count). The van der Waals surface area contributed by atoms with E-state index in [4.69, 9.17) is 15.2 Å². The lowest BCUT2D eigenvalue weighted by Crippen LogP contribution is -2.01. The molecule has 5 heteroatoms. The van der Waals surface area contributed by atoms with Gasteiger partial charge in [0.05, 0.1) is 20.5 Å². The molecule has 0 spiro atoms. The van der Waals surface area contributed by atoms with Gasteiger partial charge in [-0.3, -0.25) is 0 Å². The average Bonchev–Trinajstić information content (AvgIpc) is 2.80. The zero-order chi connectivity index (χ0) is 13.8. The van der Waals surface area contributed by atoms with E-state index < -0.39 is 0 Å². The van der Waals surface area contributed by atoms with Gasteiger partial charge in [0.1, 0.15) is 23.0 Å². The van der Waals surface area contributed by atoms with E-state index in [2.05, 4.69) is 11.9 Å². The molecule has 1 heterocycles. The first-order valence-corrected chi connectivity index (χ1v) is 6.24. The molecular weight excluding hydrogens is 242 g/mol. The molecule has 0 unspecified atom stereocenters. The number of aryl methyl sites for hydroxylation is 1. The maximum Gasteiger partial charge on any atom is 0.132 e. The number of nitrogens with zero attached hydrogens (tertiary/aromatic N) is 2. The summed E-state index contributed by atoms with van der Waals surface area (Å²) in [7, 11) is 3.25. The summed E-state index contributed by atoms with van der Waals surface area (Å²) in [5.74, 6) is 2.10. The number of imidazole rings is 1. The lowest BCUT2D eigenvalue weighted by molar-refractivity contribution is 0.395. The van der Waals surface area contributed by atoms with Crippen LogP contribution in [-0.2, 0) is 6.54 Å². The predicted molar refractivity (Wildman–Crippen MR) is 75.5 cm³/mol. The third-order valence-corrected chi connectivity index (χ3v) is 3.01. The molecule has 0 amide bonds. The number of nitrogens with two attached hydrogens (primary N) is 1. The molecule has 1 aromatic carbocycles. The van der Waals surface area contributed by atoms with Crippen molar-refractivity contribution < 1.29 is 9.47 Å². The zero-order valence-electron chi connectivity index (χ0n) is 11.5. The van der Waals surface area contributed by atoms with Gasteiger partial charge in [-0.2, -0.15) is 0 Å². The minimum Gasteiger partial charge on any atom is -0.497 e. The van der Waals surface area contributed by atoms with E-state index in [1.807, 2.05) is 22.8 Å². The van der Waals surface area contributed by atoms with Crippen molar-refractivity contribution in [2.45, 2.75) is 19.9 Å². The molecule has 0 aliphatic rings. The Labute approximate surface area is 113 Å². The SMILES string of the molecule is CCCn1cnc(-c2ccc(OC)cc2OC)c1N. The maximum atomic E-state index is 6.13. The van der Waals surface area contributed by atoms with E-state index >= 15 is 0 Å². The number of anilines is 1. The summed E-state index contributed by atoms with van der Waals surface area (Å²) < 4.78 is 12.5. The monoisotopic (exact) mass is 261 g/mol. The van der Waals surface area contributed by atoms with Crippen LogP contribution in [0.15, 0.2) is 24.5 Å². The van der Waals surface area contributed by atoms with Crippen molar-refractivity contribution in [3.05, 3.63) is 24.5 Å². The third-order valence-electron chi connectivity index (χ3n) is 3.01. The van der Waals surface area contributed by atoms with E-state index in [1.165, 1.54) is 0 Å². The highest BCUT2D eigenvalue weighted by Gasteiger charge is 2.14. The normalized spacial score (nSPS) is 10.5. The highest BCUT2D eigenvalue weighted by atomic mass is 16.5. The van der Waals surface area contributed by atoms with Gasteiger partial charge in [-0.15, -0.1) is 0 Å². The second-order valence-corrected chi connectivity index (χ2v) is 4.24. The number of hydrogen-bond donors (Lipinski definition) is 1. The highest BCUT2D eigenvalue weighted by molar-refractivity contribution is 5.76. The zero-order valence-corrected chi connectivity index (χ0v) is 11.5. The van der Waals surface area contributed by atoms with Crippen molar-refractivity contribution in [1.82, 2.24) is 9.55 Å². The Hall–Kier alpha value is -2.17. The van der Waals surface area contributed by atoms with Gasteiger partial charge >= 0.3 is 0 Å². The summed E-state index contributed by atoms with van der Waals surface area (Å²) in [6.07, 6.45) is 2.78. The molecular formula is C14H19N3O2. The highest BCUT2D eigenvalue weighted by Crippen LogP contribution is 2.35. The number of hydrogen-bond acceptors (Lipinski definition) is 4. The summed E-state index contributed by atoms with van der Waals surface area (Å²) in [6, 6.07) is 5.61. The minimum atomic E-state index is 0.658. The molecule has 0 fully saturated rings. The molecule has 0 bridgehead atoms. The summed E-state index contributed by atoms with van der Waals surface area (Å²) >= 11 is 0. The second-order valence-electron chi connectivity index (χ2n) is 4.24. The predicted octanol–water partition coefficient (Wildman–Crippen LogP) is 2.56. The molecule has 102 valence electrons. The molecule has 1 aromatic heterocycles. The second kappa shape index (κ2) is 5.65. The topological polar surface area (TPSA) is 62.3 Å². The fourth-order valence-electron chi connectivity index (χ4n) is 2.01. The van der Waals surface area contributed by atoms with Gasteiger partial charge in [-0.25, -0.2) is 4.98 Å². The molecule has 0 atom stereocenters. The van der Waals surface area contributed by atoms with E-state index in [1.54, 1.807) is 20.5 Å². The number of methoxy groups -OCH3 is 2. The average molecular weight is 261 g/mol.